The van der Waals surface area contributed by atoms with Crippen molar-refractivity contribution in [3.8, 4) is 0 Å². The van der Waals surface area contributed by atoms with Crippen LogP contribution in [0.15, 0.2) is 47.9 Å². The van der Waals surface area contributed by atoms with Crippen molar-refractivity contribution >= 4 is 33.5 Å². The lowest BCUT2D eigenvalue weighted by atomic mass is 9.96. The summed E-state index contributed by atoms with van der Waals surface area (Å²) in [5.74, 6) is 0. The van der Waals surface area contributed by atoms with Crippen molar-refractivity contribution in [3.05, 3.63) is 75.0 Å². The van der Waals surface area contributed by atoms with Gasteiger partial charge in [-0.3, -0.25) is 0 Å². The zero-order valence-electron chi connectivity index (χ0n) is 29.7. The molecular weight excluding hydrogens is 581 g/mol. The van der Waals surface area contributed by atoms with E-state index in [9.17, 15) is 5.11 Å². The molecule has 0 aliphatic heterocycles. The van der Waals surface area contributed by atoms with Crippen molar-refractivity contribution in [2.75, 3.05) is 0 Å². The molecule has 0 amide bonds. The number of thiophene rings is 1. The molecule has 1 aromatic heterocycles. The number of benzene rings is 1. The predicted molar refractivity (Wildman–Crippen MR) is 195 cm³/mol. The molecule has 0 saturated carbocycles. The molecule has 0 unspecified atom stereocenters. The van der Waals surface area contributed by atoms with Gasteiger partial charge >= 0.3 is 0 Å². The molecule has 1 heterocycles. The number of aryl methyl sites for hydroxylation is 2. The molecule has 0 saturated heterocycles. The smallest absolute Gasteiger partial charge is 0.192 e. The largest absolute Gasteiger partial charge is 0.413 e. The molecule has 43 heavy (non-hydrogen) atoms. The number of hydrogen-bond acceptors (Lipinski definition) is 4. The minimum Gasteiger partial charge on any atom is -0.413 e. The third-order valence-corrected chi connectivity index (χ3v) is 20.1. The molecule has 0 aliphatic rings. The summed E-state index contributed by atoms with van der Waals surface area (Å²) in [7, 11) is -3.74. The van der Waals surface area contributed by atoms with E-state index < -0.39 is 22.2 Å². The van der Waals surface area contributed by atoms with E-state index in [1.807, 2.05) is 37.3 Å². The lowest BCUT2D eigenvalue weighted by molar-refractivity contribution is 0.0828. The van der Waals surface area contributed by atoms with Gasteiger partial charge in [0, 0.05) is 4.88 Å². The van der Waals surface area contributed by atoms with Gasteiger partial charge in [-0.05, 0) is 108 Å². The normalized spacial score (nSPS) is 14.2. The molecule has 0 atom stereocenters. The predicted octanol–water partition coefficient (Wildman–Crippen LogP) is 11.5. The molecule has 2 aromatic rings. The van der Waals surface area contributed by atoms with Crippen molar-refractivity contribution in [1.29, 1.82) is 0 Å². The summed E-state index contributed by atoms with van der Waals surface area (Å²) >= 11 is 1.82. The second-order valence-electron chi connectivity index (χ2n) is 15.2. The van der Waals surface area contributed by atoms with E-state index in [1.54, 1.807) is 0 Å². The topological polar surface area (TPSA) is 38.7 Å². The Balaban J connectivity index is 2.23. The molecule has 1 N–H and O–H groups in total. The van der Waals surface area contributed by atoms with E-state index in [1.165, 1.54) is 32.7 Å². The summed E-state index contributed by atoms with van der Waals surface area (Å²) in [5, 5.41) is 13.2. The highest BCUT2D eigenvalue weighted by Crippen LogP contribution is 2.39. The highest BCUT2D eigenvalue weighted by Gasteiger charge is 2.38. The molecule has 0 spiro atoms. The molecule has 6 heteroatoms. The Morgan fingerprint density at radius 2 is 1.33 bits per heavy atom. The number of rotatable bonds is 15. The van der Waals surface area contributed by atoms with Gasteiger partial charge in [-0.1, -0.05) is 98.7 Å². The van der Waals surface area contributed by atoms with E-state index in [-0.39, 0.29) is 10.1 Å². The van der Waals surface area contributed by atoms with Crippen LogP contribution in [0.3, 0.4) is 0 Å². The van der Waals surface area contributed by atoms with Crippen LogP contribution in [0, 0.1) is 0 Å². The molecule has 2 rings (SSSR count). The molecule has 1 aromatic carbocycles. The number of allylic oxidation sites excluding steroid dienone is 3. The first-order valence-corrected chi connectivity index (χ1v) is 23.0. The fourth-order valence-corrected chi connectivity index (χ4v) is 7.17. The van der Waals surface area contributed by atoms with Gasteiger partial charge in [0.1, 0.15) is 0 Å². The van der Waals surface area contributed by atoms with Crippen molar-refractivity contribution in [3.63, 3.8) is 0 Å². The van der Waals surface area contributed by atoms with Gasteiger partial charge in [-0.2, -0.15) is 0 Å². The Bertz CT molecular complexity index is 1220. The fourth-order valence-electron chi connectivity index (χ4n) is 4.23. The maximum absolute atomic E-state index is 10.6. The summed E-state index contributed by atoms with van der Waals surface area (Å²) in [4.78, 5) is 1.32. The van der Waals surface area contributed by atoms with Gasteiger partial charge in [0.05, 0.1) is 18.8 Å². The fraction of sp³-hybridized carbons (Fsp3) is 0.622. The summed E-state index contributed by atoms with van der Waals surface area (Å²) in [5.41, 5.74) is 5.87. The van der Waals surface area contributed by atoms with Crippen molar-refractivity contribution in [2.45, 2.75) is 149 Å². The van der Waals surface area contributed by atoms with Crippen LogP contribution in [0.25, 0.3) is 5.57 Å². The van der Waals surface area contributed by atoms with Crippen molar-refractivity contribution in [1.82, 2.24) is 0 Å². The van der Waals surface area contributed by atoms with Crippen LogP contribution in [0.5, 0.6) is 0 Å². The molecule has 0 radical (unpaired) electrons. The molecule has 0 aliphatic carbocycles. The Kier molecular flexibility index (Phi) is 13.5. The Morgan fingerprint density at radius 3 is 1.84 bits per heavy atom. The quantitative estimate of drug-likeness (QED) is 0.155. The molecule has 3 nitrogen and oxygen atoms in total. The van der Waals surface area contributed by atoms with Crippen LogP contribution >= 0.6 is 11.3 Å². The standard InChI is InChI=1S/C37H62O3SSi2/c1-14-31(18-17-23-37(38,15-2)16-3)34-25-30(28-41-34)20-19-29-21-22-32(26-39-42(10,11)35(4,5)6)33(24-29)27-40-43(12,13)36(7,8)9/h17-18,21-25,28,38H,14-16,19-20,26-27H2,1-13H3/b23-17+,31-18-. The molecule has 242 valence electrons. The van der Waals surface area contributed by atoms with Crippen LogP contribution in [0.1, 0.15) is 109 Å². The average molecular weight is 643 g/mol. The Hall–Kier alpha value is -1.29. The minimum absolute atomic E-state index is 0.174. The van der Waals surface area contributed by atoms with E-state index in [0.717, 1.165) is 32.1 Å². The highest BCUT2D eigenvalue weighted by atomic mass is 32.1. The first-order chi connectivity index (χ1) is 19.8. The maximum atomic E-state index is 10.6. The maximum Gasteiger partial charge on any atom is 0.192 e. The Morgan fingerprint density at radius 1 is 0.791 bits per heavy atom. The van der Waals surface area contributed by atoms with E-state index in [2.05, 4.69) is 110 Å². The van der Waals surface area contributed by atoms with E-state index in [4.69, 9.17) is 8.85 Å². The summed E-state index contributed by atoms with van der Waals surface area (Å²) in [6.45, 7) is 30.7. The van der Waals surface area contributed by atoms with Crippen LogP contribution in [-0.2, 0) is 34.9 Å². The monoisotopic (exact) mass is 642 g/mol. The lowest BCUT2D eigenvalue weighted by Gasteiger charge is -2.37. The van der Waals surface area contributed by atoms with Crippen LogP contribution in [0.2, 0.25) is 36.3 Å². The average Bonchev–Trinajstić information content (AvgIpc) is 3.40. The van der Waals surface area contributed by atoms with Gasteiger partial charge in [0.15, 0.2) is 16.6 Å². The first kappa shape index (κ1) is 37.9. The second kappa shape index (κ2) is 15.3. The van der Waals surface area contributed by atoms with Gasteiger partial charge < -0.3 is 14.0 Å². The van der Waals surface area contributed by atoms with E-state index >= 15 is 0 Å². The third-order valence-electron chi connectivity index (χ3n) is 10.0. The summed E-state index contributed by atoms with van der Waals surface area (Å²) in [6, 6.07) is 9.29. The first-order valence-electron chi connectivity index (χ1n) is 16.3. The van der Waals surface area contributed by atoms with Crippen LogP contribution in [-0.4, -0.2) is 27.3 Å². The minimum atomic E-state index is -1.88. The zero-order chi connectivity index (χ0) is 32.7. The van der Waals surface area contributed by atoms with Crippen LogP contribution in [0.4, 0.5) is 0 Å². The lowest BCUT2D eigenvalue weighted by Crippen LogP contribution is -2.41. The summed E-state index contributed by atoms with van der Waals surface area (Å²) < 4.78 is 13.4. The van der Waals surface area contributed by atoms with Gasteiger partial charge in [0.25, 0.3) is 0 Å². The molecule has 0 fully saturated rings. The second-order valence-corrected chi connectivity index (χ2v) is 25.8. The third kappa shape index (κ3) is 10.9. The highest BCUT2D eigenvalue weighted by molar-refractivity contribution is 7.11. The number of hydrogen-bond donors (Lipinski definition) is 1. The number of aliphatic hydroxyl groups is 1. The van der Waals surface area contributed by atoms with Crippen molar-refractivity contribution in [2.24, 2.45) is 0 Å². The molecular formula is C37H62O3SSi2. The van der Waals surface area contributed by atoms with E-state index in [0.29, 0.717) is 13.2 Å². The van der Waals surface area contributed by atoms with Crippen molar-refractivity contribution < 1.29 is 14.0 Å². The zero-order valence-corrected chi connectivity index (χ0v) is 32.6. The van der Waals surface area contributed by atoms with Crippen LogP contribution < -0.4 is 0 Å². The van der Waals surface area contributed by atoms with Gasteiger partial charge in [-0.15, -0.1) is 11.3 Å². The SMILES string of the molecule is CC/C(=C/C=C/C(O)(CC)CC)c1cc(CCc2ccc(CO[Si](C)(C)C(C)(C)C)c(CO[Si](C)(C)C(C)(C)C)c2)cs1. The molecule has 0 bridgehead atoms. The van der Waals surface area contributed by atoms with Gasteiger partial charge in [0.2, 0.25) is 0 Å². The summed E-state index contributed by atoms with van der Waals surface area (Å²) in [6.07, 6.45) is 10.6. The van der Waals surface area contributed by atoms with Gasteiger partial charge in [-0.25, -0.2) is 0 Å². The Labute approximate surface area is 271 Å².